The largest absolute Gasteiger partial charge is 0.460 e. The second-order valence-electron chi connectivity index (χ2n) is 10.8. The first-order valence-electron chi connectivity index (χ1n) is 12.2. The van der Waals surface area contributed by atoms with Gasteiger partial charge in [-0.3, -0.25) is 9.59 Å². The van der Waals surface area contributed by atoms with Gasteiger partial charge in [-0.05, 0) is 81.1 Å². The number of carbonyl (C=O) groups excluding carboxylic acids is 4. The molecule has 34 heavy (non-hydrogen) atoms. The van der Waals surface area contributed by atoms with Crippen molar-refractivity contribution in [2.45, 2.75) is 105 Å². The van der Waals surface area contributed by atoms with Crippen LogP contribution in [0.1, 0.15) is 93.9 Å². The Kier molecular flexibility index (Phi) is 15.1. The van der Waals surface area contributed by atoms with E-state index in [2.05, 4.69) is 0 Å². The van der Waals surface area contributed by atoms with Crippen LogP contribution in [0, 0.1) is 11.8 Å². The summed E-state index contributed by atoms with van der Waals surface area (Å²) in [5.74, 6) is -1.68. The molecule has 0 aliphatic carbocycles. The van der Waals surface area contributed by atoms with Crippen LogP contribution in [0.15, 0.2) is 0 Å². The van der Waals surface area contributed by atoms with E-state index in [-0.39, 0.29) is 36.3 Å². The molecule has 0 aromatic rings. The van der Waals surface area contributed by atoms with Crippen LogP contribution < -0.4 is 0 Å². The molecule has 8 heteroatoms. The minimum atomic E-state index is -0.584. The predicted octanol–water partition coefficient (Wildman–Crippen LogP) is 4.45. The quantitative estimate of drug-likeness (QED) is 0.219. The van der Waals surface area contributed by atoms with Gasteiger partial charge in [0.05, 0.1) is 25.0 Å². The fourth-order valence-electron chi connectivity index (χ4n) is 3.26. The zero-order valence-corrected chi connectivity index (χ0v) is 22.5. The van der Waals surface area contributed by atoms with Crippen molar-refractivity contribution in [3.8, 4) is 0 Å². The molecule has 0 saturated heterocycles. The van der Waals surface area contributed by atoms with Gasteiger partial charge in [0.2, 0.25) is 0 Å². The number of ether oxygens (including phenoxy) is 4. The van der Waals surface area contributed by atoms with E-state index >= 15 is 0 Å². The van der Waals surface area contributed by atoms with Crippen LogP contribution in [0.5, 0.6) is 0 Å². The molecule has 0 spiro atoms. The minimum Gasteiger partial charge on any atom is -0.460 e. The molecular formula is C26H46O8. The lowest BCUT2D eigenvalue weighted by molar-refractivity contribution is -0.162. The molecule has 8 nitrogen and oxygen atoms in total. The molecule has 0 fully saturated rings. The predicted molar refractivity (Wildman–Crippen MR) is 129 cm³/mol. The zero-order valence-electron chi connectivity index (χ0n) is 22.5. The summed E-state index contributed by atoms with van der Waals surface area (Å²) in [5, 5.41) is 0. The van der Waals surface area contributed by atoms with Crippen LogP contribution in [-0.4, -0.2) is 61.1 Å². The van der Waals surface area contributed by atoms with Crippen molar-refractivity contribution in [1.29, 1.82) is 0 Å². The van der Waals surface area contributed by atoms with Gasteiger partial charge in [0, 0.05) is 26.1 Å². The normalized spacial score (nSPS) is 13.8. The molecule has 0 radical (unpaired) electrons. The highest BCUT2D eigenvalue weighted by atomic mass is 16.6. The lowest BCUT2D eigenvalue weighted by Gasteiger charge is -2.23. The maximum Gasteiger partial charge on any atom is 0.309 e. The average molecular weight is 487 g/mol. The van der Waals surface area contributed by atoms with E-state index in [4.69, 9.17) is 18.9 Å². The van der Waals surface area contributed by atoms with Crippen LogP contribution in [0.4, 0.5) is 0 Å². The summed E-state index contributed by atoms with van der Waals surface area (Å²) in [4.78, 5) is 47.5. The first-order valence-corrected chi connectivity index (χ1v) is 12.2. The molecule has 0 rings (SSSR count). The smallest absolute Gasteiger partial charge is 0.309 e. The Morgan fingerprint density at radius 3 is 1.18 bits per heavy atom. The standard InChI is InChI=1S/C26H46O8/c1-19(27)17-21(23(29)33-25(3,4)5)11-9-13-31-15-16-32-14-10-12-22(18-20(2)28)24(30)34-26(6,7)8/h21-22H,9-18H2,1-8H3. The Morgan fingerprint density at radius 2 is 0.912 bits per heavy atom. The fraction of sp³-hybridized carbons (Fsp3) is 0.846. The molecule has 2 atom stereocenters. The second kappa shape index (κ2) is 16.0. The SMILES string of the molecule is CC(=O)CC(CCCOCCOCCCC(CC(C)=O)C(=O)OC(C)(C)C)C(=O)OC(C)(C)C. The highest BCUT2D eigenvalue weighted by Gasteiger charge is 2.27. The van der Waals surface area contributed by atoms with Gasteiger partial charge in [-0.15, -0.1) is 0 Å². The van der Waals surface area contributed by atoms with Crippen LogP contribution in [-0.2, 0) is 38.1 Å². The molecular weight excluding hydrogens is 440 g/mol. The van der Waals surface area contributed by atoms with Crippen molar-refractivity contribution in [2.75, 3.05) is 26.4 Å². The van der Waals surface area contributed by atoms with Crippen molar-refractivity contribution in [3.63, 3.8) is 0 Å². The number of hydrogen-bond acceptors (Lipinski definition) is 8. The van der Waals surface area contributed by atoms with Gasteiger partial charge in [-0.1, -0.05) is 0 Å². The number of rotatable bonds is 17. The molecule has 0 aliphatic rings. The molecule has 0 amide bonds. The van der Waals surface area contributed by atoms with Gasteiger partial charge >= 0.3 is 11.9 Å². The van der Waals surface area contributed by atoms with E-state index in [9.17, 15) is 19.2 Å². The number of ketones is 2. The summed E-state index contributed by atoms with van der Waals surface area (Å²) in [6, 6.07) is 0. The van der Waals surface area contributed by atoms with Crippen molar-refractivity contribution in [1.82, 2.24) is 0 Å². The third kappa shape index (κ3) is 18.6. The number of carbonyl (C=O) groups is 4. The van der Waals surface area contributed by atoms with E-state index in [0.29, 0.717) is 52.1 Å². The average Bonchev–Trinajstić information content (AvgIpc) is 2.64. The fourth-order valence-corrected chi connectivity index (χ4v) is 3.26. The third-order valence-electron chi connectivity index (χ3n) is 4.60. The Morgan fingerprint density at radius 1 is 0.588 bits per heavy atom. The van der Waals surface area contributed by atoms with Crippen molar-refractivity contribution < 1.29 is 38.1 Å². The molecule has 0 aromatic heterocycles. The van der Waals surface area contributed by atoms with Crippen LogP contribution >= 0.6 is 0 Å². The summed E-state index contributed by atoms with van der Waals surface area (Å²) >= 11 is 0. The van der Waals surface area contributed by atoms with Crippen LogP contribution in [0.2, 0.25) is 0 Å². The maximum absolute atomic E-state index is 12.3. The van der Waals surface area contributed by atoms with Crippen LogP contribution in [0.3, 0.4) is 0 Å². The summed E-state index contributed by atoms with van der Waals surface area (Å²) in [6.45, 7) is 15.5. The molecule has 198 valence electrons. The minimum absolute atomic E-state index is 0.0395. The van der Waals surface area contributed by atoms with E-state index in [1.54, 1.807) is 41.5 Å². The van der Waals surface area contributed by atoms with Gasteiger partial charge in [0.15, 0.2) is 0 Å². The highest BCUT2D eigenvalue weighted by molar-refractivity contribution is 5.83. The molecule has 0 N–H and O–H groups in total. The Hall–Kier alpha value is -1.80. The topological polar surface area (TPSA) is 105 Å². The molecule has 0 saturated carbocycles. The molecule has 2 unspecified atom stereocenters. The monoisotopic (exact) mass is 486 g/mol. The lowest BCUT2D eigenvalue weighted by Crippen LogP contribution is -2.30. The van der Waals surface area contributed by atoms with Gasteiger partial charge in [0.1, 0.15) is 22.8 Å². The lowest BCUT2D eigenvalue weighted by atomic mass is 9.97. The van der Waals surface area contributed by atoms with Gasteiger partial charge in [-0.2, -0.15) is 0 Å². The molecule has 0 bridgehead atoms. The summed E-state index contributed by atoms with van der Waals surface area (Å²) < 4.78 is 21.9. The first-order chi connectivity index (χ1) is 15.6. The van der Waals surface area contributed by atoms with E-state index < -0.39 is 23.0 Å². The Bertz CT molecular complexity index is 586. The first kappa shape index (κ1) is 32.2. The summed E-state index contributed by atoms with van der Waals surface area (Å²) in [5.41, 5.74) is -1.17. The van der Waals surface area contributed by atoms with E-state index in [1.807, 2.05) is 0 Å². The molecule has 0 aromatic carbocycles. The number of esters is 2. The Balaban J connectivity index is 4.12. The van der Waals surface area contributed by atoms with E-state index in [1.165, 1.54) is 13.8 Å². The number of Topliss-reactive ketones (excluding diaryl/α,β-unsaturated/α-hetero) is 2. The molecule has 0 heterocycles. The van der Waals surface area contributed by atoms with Gasteiger partial charge in [0.25, 0.3) is 0 Å². The van der Waals surface area contributed by atoms with Crippen LogP contribution in [0.25, 0.3) is 0 Å². The van der Waals surface area contributed by atoms with Crippen molar-refractivity contribution in [3.05, 3.63) is 0 Å². The van der Waals surface area contributed by atoms with Gasteiger partial charge in [-0.25, -0.2) is 0 Å². The molecule has 0 aliphatic heterocycles. The van der Waals surface area contributed by atoms with Crippen molar-refractivity contribution >= 4 is 23.5 Å². The zero-order chi connectivity index (χ0) is 26.4. The van der Waals surface area contributed by atoms with Crippen molar-refractivity contribution in [2.24, 2.45) is 11.8 Å². The maximum atomic E-state index is 12.3. The highest BCUT2D eigenvalue weighted by Crippen LogP contribution is 2.20. The number of hydrogen-bond donors (Lipinski definition) is 0. The van der Waals surface area contributed by atoms with Gasteiger partial charge < -0.3 is 28.5 Å². The Labute approximate surface area is 205 Å². The summed E-state index contributed by atoms with van der Waals surface area (Å²) in [7, 11) is 0. The summed E-state index contributed by atoms with van der Waals surface area (Å²) in [6.07, 6.45) is 2.67. The third-order valence-corrected chi connectivity index (χ3v) is 4.60. The second-order valence-corrected chi connectivity index (χ2v) is 10.8. The van der Waals surface area contributed by atoms with E-state index in [0.717, 1.165) is 0 Å².